The van der Waals surface area contributed by atoms with E-state index in [0.717, 1.165) is 16.7 Å². The fourth-order valence-electron chi connectivity index (χ4n) is 2.38. The second-order valence-electron chi connectivity index (χ2n) is 4.26. The Kier molecular flexibility index (Phi) is 3.06. The number of thiophene rings is 1. The minimum absolute atomic E-state index is 0.327. The van der Waals surface area contributed by atoms with Crippen LogP contribution < -0.4 is 0 Å². The summed E-state index contributed by atoms with van der Waals surface area (Å²) in [5, 5.41) is 2.12. The molecule has 0 radical (unpaired) electrons. The van der Waals surface area contributed by atoms with Gasteiger partial charge in [0.1, 0.15) is 0 Å². The molecule has 1 unspecified atom stereocenters. The number of aromatic amines is 1. The van der Waals surface area contributed by atoms with Gasteiger partial charge in [-0.05, 0) is 42.2 Å². The Morgan fingerprint density at radius 1 is 1.28 bits per heavy atom. The van der Waals surface area contributed by atoms with Crippen molar-refractivity contribution in [3.63, 3.8) is 0 Å². The number of aromatic nitrogens is 2. The van der Waals surface area contributed by atoms with Gasteiger partial charge in [-0.15, -0.1) is 11.3 Å². The predicted octanol–water partition coefficient (Wildman–Crippen LogP) is 4.76. The SMILES string of the molecule is CCC(c1cccs1)n1c(=S)[nH]c2ccccc21. The van der Waals surface area contributed by atoms with Gasteiger partial charge in [-0.2, -0.15) is 0 Å². The maximum Gasteiger partial charge on any atom is 0.178 e. The third kappa shape index (κ3) is 1.82. The number of hydrogen-bond donors (Lipinski definition) is 1. The molecule has 0 saturated heterocycles. The van der Waals surface area contributed by atoms with Crippen molar-refractivity contribution in [2.24, 2.45) is 0 Å². The second-order valence-corrected chi connectivity index (χ2v) is 5.62. The topological polar surface area (TPSA) is 20.7 Å². The zero-order valence-corrected chi connectivity index (χ0v) is 11.7. The third-order valence-corrected chi connectivity index (χ3v) is 4.47. The van der Waals surface area contributed by atoms with Gasteiger partial charge in [0.05, 0.1) is 17.1 Å². The Hall–Kier alpha value is -1.39. The van der Waals surface area contributed by atoms with Gasteiger partial charge in [0.2, 0.25) is 0 Å². The molecular formula is C14H14N2S2. The molecule has 1 N–H and O–H groups in total. The van der Waals surface area contributed by atoms with Gasteiger partial charge in [-0.25, -0.2) is 0 Å². The largest absolute Gasteiger partial charge is 0.331 e. The average Bonchev–Trinajstić information content (AvgIpc) is 2.99. The Bertz CT molecular complexity index is 707. The van der Waals surface area contributed by atoms with E-state index in [4.69, 9.17) is 12.2 Å². The molecule has 0 aliphatic carbocycles. The molecule has 2 aromatic heterocycles. The molecule has 1 atom stereocenters. The van der Waals surface area contributed by atoms with Crippen molar-refractivity contribution in [2.45, 2.75) is 19.4 Å². The van der Waals surface area contributed by atoms with Crippen LogP contribution in [-0.4, -0.2) is 9.55 Å². The zero-order valence-electron chi connectivity index (χ0n) is 10.1. The first-order chi connectivity index (χ1) is 8.81. The molecule has 0 aliphatic heterocycles. The Balaban J connectivity index is 2.24. The van der Waals surface area contributed by atoms with Crippen molar-refractivity contribution in [3.8, 4) is 0 Å². The molecule has 2 heterocycles. The van der Waals surface area contributed by atoms with Crippen LogP contribution in [0, 0.1) is 4.77 Å². The first-order valence-corrected chi connectivity index (χ1v) is 7.32. The molecule has 3 rings (SSSR count). The highest BCUT2D eigenvalue weighted by Crippen LogP contribution is 2.29. The Morgan fingerprint density at radius 2 is 2.11 bits per heavy atom. The van der Waals surface area contributed by atoms with Crippen LogP contribution in [0.15, 0.2) is 41.8 Å². The number of hydrogen-bond acceptors (Lipinski definition) is 2. The minimum Gasteiger partial charge on any atom is -0.331 e. The van der Waals surface area contributed by atoms with Crippen molar-refractivity contribution >= 4 is 34.6 Å². The van der Waals surface area contributed by atoms with Gasteiger partial charge in [0.25, 0.3) is 0 Å². The number of rotatable bonds is 3. The number of nitrogens with one attached hydrogen (secondary N) is 1. The lowest BCUT2D eigenvalue weighted by Crippen LogP contribution is -2.08. The van der Waals surface area contributed by atoms with Crippen molar-refractivity contribution in [1.29, 1.82) is 0 Å². The molecule has 92 valence electrons. The van der Waals surface area contributed by atoms with Crippen LogP contribution in [0.4, 0.5) is 0 Å². The smallest absolute Gasteiger partial charge is 0.178 e. The molecule has 0 fully saturated rings. The summed E-state index contributed by atoms with van der Waals surface area (Å²) in [4.78, 5) is 4.65. The van der Waals surface area contributed by atoms with Gasteiger partial charge < -0.3 is 9.55 Å². The monoisotopic (exact) mass is 274 g/mol. The molecule has 0 saturated carbocycles. The predicted molar refractivity (Wildman–Crippen MR) is 79.9 cm³/mol. The van der Waals surface area contributed by atoms with E-state index in [1.54, 1.807) is 11.3 Å². The number of nitrogens with zero attached hydrogens (tertiary/aromatic N) is 1. The highest BCUT2D eigenvalue weighted by Gasteiger charge is 2.16. The van der Waals surface area contributed by atoms with Gasteiger partial charge >= 0.3 is 0 Å². The van der Waals surface area contributed by atoms with Gasteiger partial charge in [0, 0.05) is 4.88 Å². The maximum absolute atomic E-state index is 5.48. The minimum atomic E-state index is 0.327. The standard InChI is InChI=1S/C14H14N2S2/c1-2-11(13-8-5-9-18-13)16-12-7-4-3-6-10(12)15-14(16)17/h3-9,11H,2H2,1H3,(H,15,17). The van der Waals surface area contributed by atoms with Crippen LogP contribution in [0.1, 0.15) is 24.3 Å². The molecule has 4 heteroatoms. The summed E-state index contributed by atoms with van der Waals surface area (Å²) in [6.07, 6.45) is 1.04. The van der Waals surface area contributed by atoms with Crippen molar-refractivity contribution in [1.82, 2.24) is 9.55 Å². The molecular weight excluding hydrogens is 260 g/mol. The summed E-state index contributed by atoms with van der Waals surface area (Å²) in [6, 6.07) is 12.9. The molecule has 3 aromatic rings. The van der Waals surface area contributed by atoms with E-state index in [1.807, 2.05) is 6.07 Å². The van der Waals surface area contributed by atoms with E-state index in [9.17, 15) is 0 Å². The number of fused-ring (bicyclic) bond motifs is 1. The van der Waals surface area contributed by atoms with Gasteiger partial charge in [0.15, 0.2) is 4.77 Å². The van der Waals surface area contributed by atoms with E-state index in [-0.39, 0.29) is 0 Å². The molecule has 0 aliphatic rings. The molecule has 0 bridgehead atoms. The number of para-hydroxylation sites is 2. The van der Waals surface area contributed by atoms with E-state index >= 15 is 0 Å². The fraction of sp³-hybridized carbons (Fsp3) is 0.214. The van der Waals surface area contributed by atoms with Crippen LogP contribution in [0.2, 0.25) is 0 Å². The average molecular weight is 274 g/mol. The van der Waals surface area contributed by atoms with Crippen LogP contribution in [0.3, 0.4) is 0 Å². The van der Waals surface area contributed by atoms with Crippen molar-refractivity contribution < 1.29 is 0 Å². The lowest BCUT2D eigenvalue weighted by Gasteiger charge is -2.16. The molecule has 0 spiro atoms. The Morgan fingerprint density at radius 3 is 2.83 bits per heavy atom. The van der Waals surface area contributed by atoms with Gasteiger partial charge in [-0.3, -0.25) is 0 Å². The van der Waals surface area contributed by atoms with Gasteiger partial charge in [-0.1, -0.05) is 25.1 Å². The summed E-state index contributed by atoms with van der Waals surface area (Å²) in [5.41, 5.74) is 2.29. The van der Waals surface area contributed by atoms with Crippen LogP contribution >= 0.6 is 23.6 Å². The maximum atomic E-state index is 5.48. The summed E-state index contributed by atoms with van der Waals surface area (Å²) in [5.74, 6) is 0. The van der Waals surface area contributed by atoms with E-state index in [2.05, 4.69) is 52.2 Å². The summed E-state index contributed by atoms with van der Waals surface area (Å²) in [7, 11) is 0. The first kappa shape index (κ1) is 11.7. The molecule has 0 amide bonds. The highest BCUT2D eigenvalue weighted by atomic mass is 32.1. The van der Waals surface area contributed by atoms with Crippen molar-refractivity contribution in [2.75, 3.05) is 0 Å². The van der Waals surface area contributed by atoms with E-state index in [1.165, 1.54) is 10.4 Å². The fourth-order valence-corrected chi connectivity index (χ4v) is 3.61. The third-order valence-electron chi connectivity index (χ3n) is 3.19. The lowest BCUT2D eigenvalue weighted by atomic mass is 10.2. The zero-order chi connectivity index (χ0) is 12.5. The van der Waals surface area contributed by atoms with Crippen LogP contribution in [0.25, 0.3) is 11.0 Å². The number of H-pyrrole nitrogens is 1. The van der Waals surface area contributed by atoms with Crippen LogP contribution in [0.5, 0.6) is 0 Å². The van der Waals surface area contributed by atoms with Crippen LogP contribution in [-0.2, 0) is 0 Å². The van der Waals surface area contributed by atoms with Crippen molar-refractivity contribution in [3.05, 3.63) is 51.4 Å². The quantitative estimate of drug-likeness (QED) is 0.683. The molecule has 2 nitrogen and oxygen atoms in total. The Labute approximate surface area is 115 Å². The lowest BCUT2D eigenvalue weighted by molar-refractivity contribution is 0.584. The summed E-state index contributed by atoms with van der Waals surface area (Å²) < 4.78 is 3.03. The molecule has 1 aromatic carbocycles. The first-order valence-electron chi connectivity index (χ1n) is 6.04. The second kappa shape index (κ2) is 4.71. The van der Waals surface area contributed by atoms with E-state index < -0.39 is 0 Å². The summed E-state index contributed by atoms with van der Waals surface area (Å²) >= 11 is 7.27. The molecule has 18 heavy (non-hydrogen) atoms. The number of imidazole rings is 1. The number of benzene rings is 1. The van der Waals surface area contributed by atoms with E-state index in [0.29, 0.717) is 6.04 Å². The normalized spacial score (nSPS) is 12.9. The highest BCUT2D eigenvalue weighted by molar-refractivity contribution is 7.71. The summed E-state index contributed by atoms with van der Waals surface area (Å²) in [6.45, 7) is 2.20.